The van der Waals surface area contributed by atoms with Crippen LogP contribution in [-0.4, -0.2) is 29.3 Å². The predicted molar refractivity (Wildman–Crippen MR) is 85.8 cm³/mol. The van der Waals surface area contributed by atoms with Gasteiger partial charge in [-0.2, -0.15) is 11.8 Å². The minimum absolute atomic E-state index is 0.255. The fourth-order valence-electron chi connectivity index (χ4n) is 1.94. The van der Waals surface area contributed by atoms with E-state index in [1.165, 1.54) is 17.5 Å². The molecule has 0 saturated carbocycles. The molecule has 0 saturated heterocycles. The summed E-state index contributed by atoms with van der Waals surface area (Å²) in [6, 6.07) is 9.25. The van der Waals surface area contributed by atoms with Gasteiger partial charge in [-0.15, -0.1) is 0 Å². The third-order valence-corrected chi connectivity index (χ3v) is 4.92. The van der Waals surface area contributed by atoms with E-state index in [0.29, 0.717) is 6.04 Å². The molecule has 1 rings (SSSR count). The molecule has 0 aliphatic rings. The Hall–Kier alpha value is -0.510. The molecule has 0 aromatic heterocycles. The number of nitrogens with one attached hydrogen (secondary N) is 1. The van der Waals surface area contributed by atoms with E-state index < -0.39 is 0 Å². The molecule has 0 fully saturated rings. The molecule has 0 heterocycles. The van der Waals surface area contributed by atoms with Gasteiger partial charge in [0.1, 0.15) is 0 Å². The second-order valence-electron chi connectivity index (χ2n) is 5.11. The lowest BCUT2D eigenvalue weighted by Crippen LogP contribution is -2.22. The molecular weight excluding hydrogens is 254 g/mol. The summed E-state index contributed by atoms with van der Waals surface area (Å²) in [7, 11) is 2.00. The topological polar surface area (TPSA) is 32.3 Å². The highest BCUT2D eigenvalue weighted by Crippen LogP contribution is 2.23. The van der Waals surface area contributed by atoms with Gasteiger partial charge < -0.3 is 10.4 Å². The fourth-order valence-corrected chi connectivity index (χ4v) is 3.07. The van der Waals surface area contributed by atoms with E-state index in [1.54, 1.807) is 0 Å². The Morgan fingerprint density at radius 2 is 1.84 bits per heavy atom. The van der Waals surface area contributed by atoms with Gasteiger partial charge in [-0.05, 0) is 31.5 Å². The van der Waals surface area contributed by atoms with Crippen LogP contribution in [0.2, 0.25) is 0 Å². The summed E-state index contributed by atoms with van der Waals surface area (Å²) >= 11 is 1.81. The first-order chi connectivity index (χ1) is 9.08. The molecule has 0 amide bonds. The molecule has 0 bridgehead atoms. The van der Waals surface area contributed by atoms with Crippen molar-refractivity contribution in [3.8, 4) is 0 Å². The second-order valence-corrected chi connectivity index (χ2v) is 6.52. The van der Waals surface area contributed by atoms with E-state index >= 15 is 0 Å². The van der Waals surface area contributed by atoms with Gasteiger partial charge >= 0.3 is 0 Å². The largest absolute Gasteiger partial charge is 0.392 e. The van der Waals surface area contributed by atoms with Crippen LogP contribution in [0.15, 0.2) is 24.3 Å². The van der Waals surface area contributed by atoms with Gasteiger partial charge in [0.25, 0.3) is 0 Å². The van der Waals surface area contributed by atoms with Crippen molar-refractivity contribution < 1.29 is 5.11 Å². The summed E-state index contributed by atoms with van der Waals surface area (Å²) in [5.41, 5.74) is 2.73. The number of hydrogen-bond donors (Lipinski definition) is 2. The van der Waals surface area contributed by atoms with Crippen LogP contribution in [0.4, 0.5) is 0 Å². The van der Waals surface area contributed by atoms with Gasteiger partial charge in [-0.1, -0.05) is 44.5 Å². The Balaban J connectivity index is 2.58. The zero-order valence-electron chi connectivity index (χ0n) is 12.5. The predicted octanol–water partition coefficient (Wildman–Crippen LogP) is 3.40. The smallest absolute Gasteiger partial charge is 0.0628 e. The first kappa shape index (κ1) is 16.5. The Morgan fingerprint density at radius 3 is 2.32 bits per heavy atom. The van der Waals surface area contributed by atoms with Gasteiger partial charge in [0.15, 0.2) is 0 Å². The van der Waals surface area contributed by atoms with Gasteiger partial charge in [0, 0.05) is 17.0 Å². The van der Waals surface area contributed by atoms with Crippen LogP contribution in [0, 0.1) is 0 Å². The van der Waals surface area contributed by atoms with Gasteiger partial charge in [-0.3, -0.25) is 0 Å². The van der Waals surface area contributed by atoms with Crippen molar-refractivity contribution >= 4 is 11.8 Å². The minimum Gasteiger partial charge on any atom is -0.392 e. The first-order valence-electron chi connectivity index (χ1n) is 7.14. The summed E-state index contributed by atoms with van der Waals surface area (Å²) in [5, 5.41) is 13.2. The van der Waals surface area contributed by atoms with Crippen LogP contribution >= 0.6 is 11.8 Å². The van der Waals surface area contributed by atoms with Crippen molar-refractivity contribution in [1.29, 1.82) is 0 Å². The van der Waals surface area contributed by atoms with E-state index in [0.717, 1.165) is 12.2 Å². The molecule has 2 nitrogen and oxygen atoms in total. The normalized spacial score (nSPS) is 16.1. The van der Waals surface area contributed by atoms with Crippen LogP contribution in [0.1, 0.15) is 44.4 Å². The van der Waals surface area contributed by atoms with E-state index in [9.17, 15) is 5.11 Å². The second kappa shape index (κ2) is 8.62. The summed E-state index contributed by atoms with van der Waals surface area (Å²) < 4.78 is 0. The number of aryl methyl sites for hydroxylation is 1. The van der Waals surface area contributed by atoms with Crippen molar-refractivity contribution in [2.45, 2.75) is 51.0 Å². The van der Waals surface area contributed by atoms with Gasteiger partial charge in [0.2, 0.25) is 0 Å². The van der Waals surface area contributed by atoms with Crippen LogP contribution in [-0.2, 0) is 6.42 Å². The Kier molecular flexibility index (Phi) is 7.51. The summed E-state index contributed by atoms with van der Waals surface area (Å²) in [5.74, 6) is 0.982. The molecule has 1 aromatic carbocycles. The molecule has 19 heavy (non-hydrogen) atoms. The lowest BCUT2D eigenvalue weighted by atomic mass is 10.0. The molecule has 0 spiro atoms. The van der Waals surface area contributed by atoms with E-state index in [2.05, 4.69) is 43.4 Å². The zero-order valence-corrected chi connectivity index (χ0v) is 13.3. The maximum atomic E-state index is 9.53. The first-order valence-corrected chi connectivity index (χ1v) is 8.19. The minimum atomic E-state index is -0.255. The van der Waals surface area contributed by atoms with Gasteiger partial charge in [-0.25, -0.2) is 0 Å². The molecular formula is C16H27NOS. The molecule has 0 aliphatic carbocycles. The zero-order chi connectivity index (χ0) is 14.3. The average Bonchev–Trinajstić information content (AvgIpc) is 2.41. The number of aliphatic hydroxyl groups excluding tert-OH is 1. The Labute approximate surface area is 122 Å². The molecule has 3 unspecified atom stereocenters. The summed E-state index contributed by atoms with van der Waals surface area (Å²) in [6.45, 7) is 6.14. The molecule has 3 heteroatoms. The third kappa shape index (κ3) is 5.55. The lowest BCUT2D eigenvalue weighted by Gasteiger charge is -2.20. The SMILES string of the molecule is CCCc1ccc(C(CSC(C)C(C)O)NC)cc1. The highest BCUT2D eigenvalue weighted by Gasteiger charge is 2.14. The Morgan fingerprint density at radius 1 is 1.21 bits per heavy atom. The fraction of sp³-hybridized carbons (Fsp3) is 0.625. The number of rotatable bonds is 8. The molecule has 2 N–H and O–H groups in total. The quantitative estimate of drug-likeness (QED) is 0.766. The van der Waals surface area contributed by atoms with E-state index in [4.69, 9.17) is 0 Å². The van der Waals surface area contributed by atoms with Gasteiger partial charge in [0.05, 0.1) is 6.10 Å². The van der Waals surface area contributed by atoms with Crippen molar-refractivity contribution in [3.63, 3.8) is 0 Å². The number of thioether (sulfide) groups is 1. The monoisotopic (exact) mass is 281 g/mol. The van der Waals surface area contributed by atoms with Crippen LogP contribution < -0.4 is 5.32 Å². The van der Waals surface area contributed by atoms with Crippen molar-refractivity contribution in [2.24, 2.45) is 0 Å². The summed E-state index contributed by atoms with van der Waals surface area (Å²) in [6.07, 6.45) is 2.09. The average molecular weight is 281 g/mol. The number of benzene rings is 1. The highest BCUT2D eigenvalue weighted by atomic mass is 32.2. The highest BCUT2D eigenvalue weighted by molar-refractivity contribution is 7.99. The van der Waals surface area contributed by atoms with Crippen molar-refractivity contribution in [3.05, 3.63) is 35.4 Å². The van der Waals surface area contributed by atoms with Crippen LogP contribution in [0.3, 0.4) is 0 Å². The standard InChI is InChI=1S/C16H27NOS/c1-5-6-14-7-9-15(10-8-14)16(17-4)11-19-13(3)12(2)18/h7-10,12-13,16-18H,5-6,11H2,1-4H3. The molecule has 108 valence electrons. The van der Waals surface area contributed by atoms with E-state index in [1.807, 2.05) is 25.7 Å². The van der Waals surface area contributed by atoms with Crippen LogP contribution in [0.5, 0.6) is 0 Å². The van der Waals surface area contributed by atoms with Crippen molar-refractivity contribution in [2.75, 3.05) is 12.8 Å². The maximum absolute atomic E-state index is 9.53. The summed E-state index contributed by atoms with van der Waals surface area (Å²) in [4.78, 5) is 0. The molecule has 3 atom stereocenters. The number of aliphatic hydroxyl groups is 1. The van der Waals surface area contributed by atoms with E-state index in [-0.39, 0.29) is 11.4 Å². The molecule has 0 radical (unpaired) electrons. The third-order valence-electron chi connectivity index (χ3n) is 3.47. The van der Waals surface area contributed by atoms with Crippen molar-refractivity contribution in [1.82, 2.24) is 5.32 Å². The maximum Gasteiger partial charge on any atom is 0.0628 e. The Bertz CT molecular complexity index is 350. The lowest BCUT2D eigenvalue weighted by molar-refractivity contribution is 0.196. The molecule has 1 aromatic rings. The van der Waals surface area contributed by atoms with Crippen LogP contribution in [0.25, 0.3) is 0 Å². The number of hydrogen-bond acceptors (Lipinski definition) is 3. The molecule has 0 aliphatic heterocycles.